The van der Waals surface area contributed by atoms with E-state index >= 15 is 0 Å². The van der Waals surface area contributed by atoms with Gasteiger partial charge in [-0.1, -0.05) is 0 Å². The molecular formula is C10H19NO2. The summed E-state index contributed by atoms with van der Waals surface area (Å²) in [7, 11) is 2.12. The van der Waals surface area contributed by atoms with Crippen LogP contribution in [0, 0.1) is 5.92 Å². The van der Waals surface area contributed by atoms with Crippen LogP contribution >= 0.6 is 0 Å². The number of carbonyl (C=O) groups is 1. The Labute approximate surface area is 79.7 Å². The molecule has 1 fully saturated rings. The number of nitrogens with zero attached hydrogens (tertiary/aromatic N) is 1. The Balaban J connectivity index is 1.88. The number of rotatable bonds is 7. The molecule has 0 aromatic carbocycles. The highest BCUT2D eigenvalue weighted by Crippen LogP contribution is 2.29. The van der Waals surface area contributed by atoms with Crippen molar-refractivity contribution >= 4 is 5.97 Å². The molecule has 76 valence electrons. The lowest BCUT2D eigenvalue weighted by molar-refractivity contribution is -0.137. The Kier molecular flexibility index (Phi) is 4.22. The van der Waals surface area contributed by atoms with E-state index in [4.69, 9.17) is 5.11 Å². The van der Waals surface area contributed by atoms with Gasteiger partial charge in [-0.25, -0.2) is 0 Å². The number of carboxylic acids is 1. The predicted octanol–water partition coefficient (Wildman–Crippen LogP) is 1.58. The molecule has 0 spiro atoms. The van der Waals surface area contributed by atoms with Crippen LogP contribution in [0.4, 0.5) is 0 Å². The summed E-state index contributed by atoms with van der Waals surface area (Å²) in [5.41, 5.74) is 0. The average molecular weight is 185 g/mol. The van der Waals surface area contributed by atoms with E-state index in [9.17, 15) is 4.79 Å². The zero-order valence-corrected chi connectivity index (χ0v) is 8.33. The molecule has 0 bridgehead atoms. The van der Waals surface area contributed by atoms with Crippen LogP contribution in [-0.2, 0) is 4.79 Å². The zero-order chi connectivity index (χ0) is 9.68. The minimum absolute atomic E-state index is 0.317. The molecule has 3 heteroatoms. The fourth-order valence-electron chi connectivity index (χ4n) is 1.49. The van der Waals surface area contributed by atoms with Gasteiger partial charge in [-0.3, -0.25) is 4.79 Å². The van der Waals surface area contributed by atoms with Gasteiger partial charge in [0.2, 0.25) is 0 Å². The van der Waals surface area contributed by atoms with E-state index in [1.165, 1.54) is 19.4 Å². The zero-order valence-electron chi connectivity index (χ0n) is 8.33. The van der Waals surface area contributed by atoms with Gasteiger partial charge in [-0.15, -0.1) is 0 Å². The summed E-state index contributed by atoms with van der Waals surface area (Å²) in [6.07, 6.45) is 4.91. The van der Waals surface area contributed by atoms with Crippen LogP contribution in [0.15, 0.2) is 0 Å². The van der Waals surface area contributed by atoms with Crippen LogP contribution < -0.4 is 0 Å². The van der Waals surface area contributed by atoms with Gasteiger partial charge in [0.25, 0.3) is 0 Å². The molecule has 1 aliphatic rings. The van der Waals surface area contributed by atoms with Crippen LogP contribution in [0.3, 0.4) is 0 Å². The van der Waals surface area contributed by atoms with E-state index in [0.717, 1.165) is 25.3 Å². The van der Waals surface area contributed by atoms with Gasteiger partial charge in [0.05, 0.1) is 0 Å². The predicted molar refractivity (Wildman–Crippen MR) is 51.7 cm³/mol. The molecule has 0 saturated heterocycles. The normalized spacial score (nSPS) is 16.5. The van der Waals surface area contributed by atoms with Gasteiger partial charge < -0.3 is 10.0 Å². The first kappa shape index (κ1) is 10.5. The second-order valence-electron chi connectivity index (χ2n) is 4.06. The molecule has 3 nitrogen and oxygen atoms in total. The summed E-state index contributed by atoms with van der Waals surface area (Å²) in [5, 5.41) is 8.42. The van der Waals surface area contributed by atoms with Crippen LogP contribution in [-0.4, -0.2) is 36.1 Å². The van der Waals surface area contributed by atoms with E-state index in [1.54, 1.807) is 0 Å². The number of hydrogen-bond donors (Lipinski definition) is 1. The molecular weight excluding hydrogens is 166 g/mol. The summed E-state index contributed by atoms with van der Waals surface area (Å²) in [6.45, 7) is 2.25. The molecule has 0 unspecified atom stereocenters. The number of hydrogen-bond acceptors (Lipinski definition) is 2. The fourth-order valence-corrected chi connectivity index (χ4v) is 1.49. The molecule has 1 aliphatic carbocycles. The van der Waals surface area contributed by atoms with Crippen molar-refractivity contribution in [3.63, 3.8) is 0 Å². The second kappa shape index (κ2) is 5.22. The van der Waals surface area contributed by atoms with Gasteiger partial charge in [0.1, 0.15) is 0 Å². The third kappa shape index (κ3) is 5.64. The summed E-state index contributed by atoms with van der Waals surface area (Å²) in [5.74, 6) is 0.259. The standard InChI is InChI=1S/C10H19NO2/c1-11(8-9-5-6-9)7-3-2-4-10(12)13/h9H,2-8H2,1H3,(H,12,13). The van der Waals surface area contributed by atoms with Crippen LogP contribution in [0.5, 0.6) is 0 Å². The van der Waals surface area contributed by atoms with Gasteiger partial charge in [0, 0.05) is 13.0 Å². The van der Waals surface area contributed by atoms with Gasteiger partial charge in [-0.05, 0) is 45.2 Å². The maximum absolute atomic E-state index is 10.2. The molecule has 0 atom stereocenters. The maximum atomic E-state index is 10.2. The van der Waals surface area contributed by atoms with E-state index in [2.05, 4.69) is 11.9 Å². The monoisotopic (exact) mass is 185 g/mol. The molecule has 1 saturated carbocycles. The summed E-state index contributed by atoms with van der Waals surface area (Å²) in [4.78, 5) is 12.5. The van der Waals surface area contributed by atoms with E-state index < -0.39 is 5.97 Å². The summed E-state index contributed by atoms with van der Waals surface area (Å²) >= 11 is 0. The molecule has 0 radical (unpaired) electrons. The Bertz CT molecular complexity index is 166. The van der Waals surface area contributed by atoms with Crippen molar-refractivity contribution in [3.05, 3.63) is 0 Å². The third-order valence-electron chi connectivity index (χ3n) is 2.45. The van der Waals surface area contributed by atoms with Crippen molar-refractivity contribution < 1.29 is 9.90 Å². The maximum Gasteiger partial charge on any atom is 0.303 e. The minimum atomic E-state index is -0.676. The van der Waals surface area contributed by atoms with E-state index in [1.807, 2.05) is 0 Å². The average Bonchev–Trinajstić information content (AvgIpc) is 2.81. The quantitative estimate of drug-likeness (QED) is 0.612. The molecule has 1 rings (SSSR count). The van der Waals surface area contributed by atoms with E-state index in [0.29, 0.717) is 6.42 Å². The Hall–Kier alpha value is -0.570. The topological polar surface area (TPSA) is 40.5 Å². The van der Waals surface area contributed by atoms with Crippen molar-refractivity contribution in [1.82, 2.24) is 4.90 Å². The fraction of sp³-hybridized carbons (Fsp3) is 0.900. The lowest BCUT2D eigenvalue weighted by Crippen LogP contribution is -2.22. The van der Waals surface area contributed by atoms with Crippen molar-refractivity contribution in [2.75, 3.05) is 20.1 Å². The smallest absolute Gasteiger partial charge is 0.303 e. The first-order chi connectivity index (χ1) is 6.18. The summed E-state index contributed by atoms with van der Waals surface area (Å²) in [6, 6.07) is 0. The highest BCUT2D eigenvalue weighted by atomic mass is 16.4. The number of unbranched alkanes of at least 4 members (excludes halogenated alkanes) is 1. The first-order valence-electron chi connectivity index (χ1n) is 5.09. The molecule has 0 aromatic heterocycles. The van der Waals surface area contributed by atoms with Crippen molar-refractivity contribution in [1.29, 1.82) is 0 Å². The largest absolute Gasteiger partial charge is 0.481 e. The lowest BCUT2D eigenvalue weighted by atomic mass is 10.2. The molecule has 0 heterocycles. The highest BCUT2D eigenvalue weighted by Gasteiger charge is 2.22. The Morgan fingerprint density at radius 2 is 2.15 bits per heavy atom. The van der Waals surface area contributed by atoms with Crippen molar-refractivity contribution in [2.24, 2.45) is 5.92 Å². The molecule has 0 aliphatic heterocycles. The Morgan fingerprint density at radius 3 is 2.69 bits per heavy atom. The SMILES string of the molecule is CN(CCCCC(=O)O)CC1CC1. The van der Waals surface area contributed by atoms with Crippen LogP contribution in [0.2, 0.25) is 0 Å². The van der Waals surface area contributed by atoms with Gasteiger partial charge in [0.15, 0.2) is 0 Å². The third-order valence-corrected chi connectivity index (χ3v) is 2.45. The van der Waals surface area contributed by atoms with Crippen molar-refractivity contribution in [2.45, 2.75) is 32.1 Å². The lowest BCUT2D eigenvalue weighted by Gasteiger charge is -2.15. The molecule has 0 amide bonds. The molecule has 0 aromatic rings. The molecule has 13 heavy (non-hydrogen) atoms. The van der Waals surface area contributed by atoms with Crippen LogP contribution in [0.1, 0.15) is 32.1 Å². The number of aliphatic carboxylic acids is 1. The second-order valence-corrected chi connectivity index (χ2v) is 4.06. The highest BCUT2D eigenvalue weighted by molar-refractivity contribution is 5.66. The minimum Gasteiger partial charge on any atom is -0.481 e. The van der Waals surface area contributed by atoms with Gasteiger partial charge >= 0.3 is 5.97 Å². The van der Waals surface area contributed by atoms with Gasteiger partial charge in [-0.2, -0.15) is 0 Å². The van der Waals surface area contributed by atoms with E-state index in [-0.39, 0.29) is 0 Å². The first-order valence-corrected chi connectivity index (χ1v) is 5.09. The molecule has 1 N–H and O–H groups in total. The summed E-state index contributed by atoms with van der Waals surface area (Å²) < 4.78 is 0. The Morgan fingerprint density at radius 1 is 1.46 bits per heavy atom. The van der Waals surface area contributed by atoms with Crippen molar-refractivity contribution in [3.8, 4) is 0 Å². The van der Waals surface area contributed by atoms with Crippen LogP contribution in [0.25, 0.3) is 0 Å². The number of carboxylic acid groups (broad SMARTS) is 1.